The van der Waals surface area contributed by atoms with E-state index < -0.39 is 0 Å². The van der Waals surface area contributed by atoms with E-state index in [-0.39, 0.29) is 0 Å². The van der Waals surface area contributed by atoms with Gasteiger partial charge in [-0.05, 0) is 19.1 Å². The zero-order chi connectivity index (χ0) is 12.5. The Bertz CT molecular complexity index is 650. The van der Waals surface area contributed by atoms with Gasteiger partial charge in [0, 0.05) is 18.5 Å². The fourth-order valence-corrected chi connectivity index (χ4v) is 2.05. The van der Waals surface area contributed by atoms with Crippen LogP contribution in [0.4, 0.5) is 0 Å². The average molecular weight is 242 g/mol. The molecule has 2 N–H and O–H groups in total. The van der Waals surface area contributed by atoms with E-state index >= 15 is 0 Å². The molecule has 0 aliphatic carbocycles. The normalized spacial score (nSPS) is 11.2. The van der Waals surface area contributed by atoms with Gasteiger partial charge in [0.25, 0.3) is 0 Å². The van der Waals surface area contributed by atoms with Crippen molar-refractivity contribution in [1.82, 2.24) is 14.8 Å². The highest BCUT2D eigenvalue weighted by molar-refractivity contribution is 5.81. The van der Waals surface area contributed by atoms with Crippen LogP contribution >= 0.6 is 0 Å². The number of furan rings is 1. The van der Waals surface area contributed by atoms with Crippen molar-refractivity contribution in [2.45, 2.75) is 13.5 Å². The molecule has 2 heterocycles. The zero-order valence-corrected chi connectivity index (χ0v) is 10.1. The van der Waals surface area contributed by atoms with Gasteiger partial charge in [0.2, 0.25) is 0 Å². The number of para-hydroxylation sites is 1. The highest BCUT2D eigenvalue weighted by Crippen LogP contribution is 2.26. The van der Waals surface area contributed by atoms with Gasteiger partial charge in [-0.3, -0.25) is 0 Å². The van der Waals surface area contributed by atoms with E-state index in [0.717, 1.165) is 28.4 Å². The first-order valence-corrected chi connectivity index (χ1v) is 5.88. The zero-order valence-electron chi connectivity index (χ0n) is 10.1. The summed E-state index contributed by atoms with van der Waals surface area (Å²) in [6, 6.07) is 9.86. The van der Waals surface area contributed by atoms with Crippen molar-refractivity contribution in [3.8, 4) is 11.6 Å². The molecule has 0 fully saturated rings. The molecule has 0 radical (unpaired) electrons. The molecule has 0 bridgehead atoms. The largest absolute Gasteiger partial charge is 0.453 e. The third-order valence-corrected chi connectivity index (χ3v) is 2.93. The molecule has 2 aromatic heterocycles. The van der Waals surface area contributed by atoms with Gasteiger partial charge in [-0.15, -0.1) is 10.2 Å². The van der Waals surface area contributed by atoms with Crippen molar-refractivity contribution < 1.29 is 4.42 Å². The first-order chi connectivity index (χ1) is 8.79. The maximum Gasteiger partial charge on any atom is 0.199 e. The Morgan fingerprint density at radius 1 is 1.28 bits per heavy atom. The van der Waals surface area contributed by atoms with Crippen LogP contribution in [0.25, 0.3) is 22.6 Å². The van der Waals surface area contributed by atoms with E-state index in [1.165, 1.54) is 0 Å². The Labute approximate surface area is 104 Å². The number of hydrogen-bond donors (Lipinski definition) is 1. The molecule has 5 nitrogen and oxygen atoms in total. The summed E-state index contributed by atoms with van der Waals surface area (Å²) in [6.07, 6.45) is 0. The summed E-state index contributed by atoms with van der Waals surface area (Å²) in [5, 5.41) is 9.31. The van der Waals surface area contributed by atoms with Crippen LogP contribution in [-0.2, 0) is 6.54 Å². The second-order valence-electron chi connectivity index (χ2n) is 4.16. The number of aryl methyl sites for hydroxylation is 1. The first kappa shape index (κ1) is 11.0. The Morgan fingerprint density at radius 2 is 2.11 bits per heavy atom. The van der Waals surface area contributed by atoms with E-state index in [2.05, 4.69) is 10.2 Å². The number of rotatable bonds is 3. The average Bonchev–Trinajstić information content (AvgIpc) is 2.94. The van der Waals surface area contributed by atoms with Crippen molar-refractivity contribution in [3.05, 3.63) is 36.2 Å². The minimum Gasteiger partial charge on any atom is -0.453 e. The molecule has 18 heavy (non-hydrogen) atoms. The summed E-state index contributed by atoms with van der Waals surface area (Å²) < 4.78 is 7.76. The Balaban J connectivity index is 2.14. The third kappa shape index (κ3) is 1.69. The van der Waals surface area contributed by atoms with Crippen molar-refractivity contribution in [2.75, 3.05) is 6.54 Å². The van der Waals surface area contributed by atoms with E-state index in [1.807, 2.05) is 41.8 Å². The van der Waals surface area contributed by atoms with Crippen LogP contribution in [0, 0.1) is 6.92 Å². The molecule has 0 aliphatic heterocycles. The van der Waals surface area contributed by atoms with Crippen molar-refractivity contribution in [3.63, 3.8) is 0 Å². The van der Waals surface area contributed by atoms with Crippen LogP contribution in [0.5, 0.6) is 0 Å². The molecule has 5 heteroatoms. The summed E-state index contributed by atoms with van der Waals surface area (Å²) in [5.74, 6) is 2.30. The van der Waals surface area contributed by atoms with Gasteiger partial charge in [0.05, 0.1) is 0 Å². The smallest absolute Gasteiger partial charge is 0.199 e. The standard InChI is InChI=1S/C13H14N4O/c1-9-15-16-13(17(9)7-6-14)12-8-10-4-2-3-5-11(10)18-12/h2-5,8H,6-7,14H2,1H3. The second-order valence-corrected chi connectivity index (χ2v) is 4.16. The molecule has 0 saturated carbocycles. The maximum absolute atomic E-state index is 5.79. The highest BCUT2D eigenvalue weighted by Gasteiger charge is 2.14. The van der Waals surface area contributed by atoms with Gasteiger partial charge in [0.1, 0.15) is 11.4 Å². The van der Waals surface area contributed by atoms with Crippen LogP contribution in [0.1, 0.15) is 5.82 Å². The molecule has 0 spiro atoms. The monoisotopic (exact) mass is 242 g/mol. The molecule has 0 amide bonds. The summed E-state index contributed by atoms with van der Waals surface area (Å²) >= 11 is 0. The minimum absolute atomic E-state index is 0.548. The summed E-state index contributed by atoms with van der Waals surface area (Å²) in [5.41, 5.74) is 6.46. The predicted octanol–water partition coefficient (Wildman–Crippen LogP) is 1.96. The molecule has 0 atom stereocenters. The Morgan fingerprint density at radius 3 is 2.89 bits per heavy atom. The number of nitrogens with two attached hydrogens (primary N) is 1. The van der Waals surface area contributed by atoms with Crippen LogP contribution in [0.3, 0.4) is 0 Å². The van der Waals surface area contributed by atoms with Gasteiger partial charge in [-0.2, -0.15) is 0 Å². The molecule has 0 unspecified atom stereocenters. The fraction of sp³-hybridized carbons (Fsp3) is 0.231. The molecule has 92 valence electrons. The maximum atomic E-state index is 5.79. The first-order valence-electron chi connectivity index (χ1n) is 5.88. The fourth-order valence-electron chi connectivity index (χ4n) is 2.05. The van der Waals surface area contributed by atoms with Crippen molar-refractivity contribution in [2.24, 2.45) is 5.73 Å². The molecule has 0 aliphatic rings. The molecular weight excluding hydrogens is 228 g/mol. The Kier molecular flexibility index (Phi) is 2.60. The summed E-state index contributed by atoms with van der Waals surface area (Å²) in [4.78, 5) is 0. The quantitative estimate of drug-likeness (QED) is 0.762. The van der Waals surface area contributed by atoms with Crippen LogP contribution < -0.4 is 5.73 Å². The van der Waals surface area contributed by atoms with Gasteiger partial charge < -0.3 is 14.7 Å². The van der Waals surface area contributed by atoms with Crippen molar-refractivity contribution in [1.29, 1.82) is 0 Å². The van der Waals surface area contributed by atoms with Gasteiger partial charge >= 0.3 is 0 Å². The molecule has 0 saturated heterocycles. The lowest BCUT2D eigenvalue weighted by Gasteiger charge is -2.03. The van der Waals surface area contributed by atoms with Gasteiger partial charge in [-0.1, -0.05) is 18.2 Å². The van der Waals surface area contributed by atoms with Crippen LogP contribution in [-0.4, -0.2) is 21.3 Å². The third-order valence-electron chi connectivity index (χ3n) is 2.93. The van der Waals surface area contributed by atoms with Gasteiger partial charge in [0.15, 0.2) is 11.6 Å². The van der Waals surface area contributed by atoms with E-state index in [1.54, 1.807) is 0 Å². The highest BCUT2D eigenvalue weighted by atomic mass is 16.3. The molecule has 3 aromatic rings. The predicted molar refractivity (Wildman–Crippen MR) is 69.0 cm³/mol. The lowest BCUT2D eigenvalue weighted by Crippen LogP contribution is -2.12. The second kappa shape index (κ2) is 4.27. The lowest BCUT2D eigenvalue weighted by molar-refractivity contribution is 0.607. The van der Waals surface area contributed by atoms with E-state index in [0.29, 0.717) is 13.1 Å². The molecule has 1 aromatic carbocycles. The van der Waals surface area contributed by atoms with Gasteiger partial charge in [-0.25, -0.2) is 0 Å². The minimum atomic E-state index is 0.548. The topological polar surface area (TPSA) is 69.9 Å². The van der Waals surface area contributed by atoms with Crippen LogP contribution in [0.2, 0.25) is 0 Å². The molecule has 3 rings (SSSR count). The number of fused-ring (bicyclic) bond motifs is 1. The summed E-state index contributed by atoms with van der Waals surface area (Å²) in [7, 11) is 0. The molecular formula is C13H14N4O. The lowest BCUT2D eigenvalue weighted by atomic mass is 10.2. The number of benzene rings is 1. The number of hydrogen-bond acceptors (Lipinski definition) is 4. The Hall–Kier alpha value is -2.14. The number of nitrogens with zero attached hydrogens (tertiary/aromatic N) is 3. The van der Waals surface area contributed by atoms with E-state index in [9.17, 15) is 0 Å². The number of aromatic nitrogens is 3. The SMILES string of the molecule is Cc1nnc(-c2cc3ccccc3o2)n1CCN. The van der Waals surface area contributed by atoms with E-state index in [4.69, 9.17) is 10.2 Å². The summed E-state index contributed by atoms with van der Waals surface area (Å²) in [6.45, 7) is 3.14. The van der Waals surface area contributed by atoms with Crippen molar-refractivity contribution >= 4 is 11.0 Å². The van der Waals surface area contributed by atoms with Crippen LogP contribution in [0.15, 0.2) is 34.7 Å².